The molecule has 29 heavy (non-hydrogen) atoms. The summed E-state index contributed by atoms with van der Waals surface area (Å²) in [6.07, 6.45) is 2.16. The molecule has 0 aliphatic rings. The van der Waals surface area contributed by atoms with E-state index in [1.54, 1.807) is 13.4 Å². The van der Waals surface area contributed by atoms with Gasteiger partial charge in [-0.25, -0.2) is 4.98 Å². The van der Waals surface area contributed by atoms with E-state index >= 15 is 0 Å². The highest BCUT2D eigenvalue weighted by Crippen LogP contribution is 2.24. The molecule has 1 heterocycles. The van der Waals surface area contributed by atoms with Gasteiger partial charge < -0.3 is 14.6 Å². The molecule has 3 aromatic carbocycles. The number of imidazole rings is 1. The van der Waals surface area contributed by atoms with Crippen LogP contribution in [0.25, 0.3) is 11.0 Å². The Morgan fingerprint density at radius 1 is 0.966 bits per heavy atom. The first-order valence-corrected chi connectivity index (χ1v) is 9.63. The summed E-state index contributed by atoms with van der Waals surface area (Å²) >= 11 is 0. The zero-order chi connectivity index (χ0) is 20.1. The van der Waals surface area contributed by atoms with Crippen LogP contribution in [0, 0.1) is 0 Å². The van der Waals surface area contributed by atoms with Crippen molar-refractivity contribution in [3.05, 3.63) is 96.3 Å². The summed E-state index contributed by atoms with van der Waals surface area (Å²) in [5.41, 5.74) is 4.03. The number of aromatic nitrogens is 2. The van der Waals surface area contributed by atoms with Crippen molar-refractivity contribution in [1.82, 2.24) is 14.9 Å². The number of amides is 1. The number of nitrogens with zero attached hydrogens (tertiary/aromatic N) is 2. The van der Waals surface area contributed by atoms with E-state index in [4.69, 9.17) is 4.74 Å². The molecule has 1 aromatic heterocycles. The van der Waals surface area contributed by atoms with Crippen molar-refractivity contribution in [2.75, 3.05) is 7.11 Å². The molecule has 146 valence electrons. The number of fused-ring (bicyclic) bond motifs is 1. The van der Waals surface area contributed by atoms with Crippen LogP contribution in [0.15, 0.2) is 85.2 Å². The minimum atomic E-state index is -0.214. The first-order valence-electron chi connectivity index (χ1n) is 9.63. The molecule has 1 atom stereocenters. The highest BCUT2D eigenvalue weighted by atomic mass is 16.5. The van der Waals surface area contributed by atoms with Crippen LogP contribution in [0.3, 0.4) is 0 Å². The third-order valence-electron chi connectivity index (χ3n) is 4.99. The van der Waals surface area contributed by atoms with E-state index in [1.165, 1.54) is 0 Å². The van der Waals surface area contributed by atoms with Crippen molar-refractivity contribution in [2.24, 2.45) is 0 Å². The molecule has 5 heteroatoms. The van der Waals surface area contributed by atoms with Crippen LogP contribution < -0.4 is 10.1 Å². The highest BCUT2D eigenvalue weighted by molar-refractivity contribution is 5.78. The molecule has 0 spiro atoms. The lowest BCUT2D eigenvalue weighted by Crippen LogP contribution is -2.30. The molecule has 0 bridgehead atoms. The van der Waals surface area contributed by atoms with Crippen molar-refractivity contribution in [3.63, 3.8) is 0 Å². The molecular weight excluding hydrogens is 362 g/mol. The van der Waals surface area contributed by atoms with Gasteiger partial charge in [0.1, 0.15) is 5.75 Å². The van der Waals surface area contributed by atoms with Gasteiger partial charge in [0, 0.05) is 13.0 Å². The summed E-state index contributed by atoms with van der Waals surface area (Å²) in [7, 11) is 1.64. The van der Waals surface area contributed by atoms with Crippen LogP contribution >= 0.6 is 0 Å². The molecule has 5 nitrogen and oxygen atoms in total. The maximum absolute atomic E-state index is 12.8. The Balaban J connectivity index is 1.50. The topological polar surface area (TPSA) is 56.1 Å². The van der Waals surface area contributed by atoms with E-state index in [1.807, 2.05) is 83.4 Å². The van der Waals surface area contributed by atoms with Crippen molar-refractivity contribution in [1.29, 1.82) is 0 Å². The summed E-state index contributed by atoms with van der Waals surface area (Å²) < 4.78 is 7.27. The summed E-state index contributed by atoms with van der Waals surface area (Å²) in [5, 5.41) is 3.18. The molecule has 0 saturated heterocycles. The fourth-order valence-electron chi connectivity index (χ4n) is 3.44. The van der Waals surface area contributed by atoms with Gasteiger partial charge >= 0.3 is 0 Å². The first-order chi connectivity index (χ1) is 14.2. The molecule has 1 N–H and O–H groups in total. The van der Waals surface area contributed by atoms with E-state index in [0.717, 1.165) is 27.9 Å². The van der Waals surface area contributed by atoms with Crippen molar-refractivity contribution >= 4 is 16.9 Å². The van der Waals surface area contributed by atoms with Gasteiger partial charge in [0.25, 0.3) is 0 Å². The molecular formula is C24H23N3O2. The molecule has 4 rings (SSSR count). The van der Waals surface area contributed by atoms with Crippen LogP contribution in [0.4, 0.5) is 0 Å². The number of benzene rings is 3. The molecule has 0 aliphatic carbocycles. The molecule has 0 saturated carbocycles. The average Bonchev–Trinajstić information content (AvgIpc) is 3.20. The third-order valence-corrected chi connectivity index (χ3v) is 4.99. The number of nitrogens with one attached hydrogen (secondary N) is 1. The normalized spacial score (nSPS) is 11.9. The van der Waals surface area contributed by atoms with Gasteiger partial charge in [-0.2, -0.15) is 0 Å². The number of aryl methyl sites for hydroxylation is 1. The van der Waals surface area contributed by atoms with Crippen LogP contribution in [-0.2, 0) is 11.3 Å². The maximum atomic E-state index is 12.8. The number of hydrogen-bond donors (Lipinski definition) is 1. The summed E-state index contributed by atoms with van der Waals surface area (Å²) in [4.78, 5) is 17.2. The Bertz CT molecular complexity index is 1090. The number of hydrogen-bond acceptors (Lipinski definition) is 3. The Labute approximate surface area is 170 Å². The van der Waals surface area contributed by atoms with Crippen LogP contribution in [0.1, 0.15) is 23.6 Å². The fraction of sp³-hybridized carbons (Fsp3) is 0.167. The summed E-state index contributed by atoms with van der Waals surface area (Å²) in [5.74, 6) is 0.784. The minimum Gasteiger partial charge on any atom is -0.497 e. The standard InChI is InChI=1S/C24H23N3O2/c1-29-20-13-11-19(12-14-20)24(18-7-3-2-4-8-18)26-23(28)15-16-27-17-25-21-9-5-6-10-22(21)27/h2-14,17,24H,15-16H2,1H3,(H,26,28). The van der Waals surface area contributed by atoms with Gasteiger partial charge in [0.05, 0.1) is 30.5 Å². The molecule has 1 amide bonds. The fourth-order valence-corrected chi connectivity index (χ4v) is 3.44. The lowest BCUT2D eigenvalue weighted by molar-refractivity contribution is -0.121. The van der Waals surface area contributed by atoms with E-state index in [0.29, 0.717) is 13.0 Å². The predicted octanol–water partition coefficient (Wildman–Crippen LogP) is 4.34. The number of ether oxygens (including phenoxy) is 1. The lowest BCUT2D eigenvalue weighted by atomic mass is 9.98. The Morgan fingerprint density at radius 2 is 1.66 bits per heavy atom. The monoisotopic (exact) mass is 385 g/mol. The van der Waals surface area contributed by atoms with Crippen LogP contribution in [0.2, 0.25) is 0 Å². The second kappa shape index (κ2) is 8.61. The third kappa shape index (κ3) is 4.29. The van der Waals surface area contributed by atoms with Crippen LogP contribution in [-0.4, -0.2) is 22.6 Å². The predicted molar refractivity (Wildman–Crippen MR) is 114 cm³/mol. The summed E-state index contributed by atoms with van der Waals surface area (Å²) in [6, 6.07) is 25.5. The molecule has 4 aromatic rings. The maximum Gasteiger partial charge on any atom is 0.222 e. The number of rotatable bonds is 7. The Hall–Kier alpha value is -3.60. The number of methoxy groups -OCH3 is 1. The molecule has 0 aliphatic heterocycles. The van der Waals surface area contributed by atoms with Gasteiger partial charge in [-0.15, -0.1) is 0 Å². The van der Waals surface area contributed by atoms with Gasteiger partial charge in [0.15, 0.2) is 0 Å². The van der Waals surface area contributed by atoms with Crippen LogP contribution in [0.5, 0.6) is 5.75 Å². The SMILES string of the molecule is COc1ccc(C(NC(=O)CCn2cnc3ccccc32)c2ccccc2)cc1. The summed E-state index contributed by atoms with van der Waals surface area (Å²) in [6.45, 7) is 0.580. The number of carbonyl (C=O) groups excluding carboxylic acids is 1. The molecule has 0 fully saturated rings. The zero-order valence-corrected chi connectivity index (χ0v) is 16.3. The largest absolute Gasteiger partial charge is 0.497 e. The number of carbonyl (C=O) groups is 1. The van der Waals surface area contributed by atoms with Crippen molar-refractivity contribution in [2.45, 2.75) is 19.0 Å². The quantitative estimate of drug-likeness (QED) is 0.515. The Kier molecular flexibility index (Phi) is 5.56. The van der Waals surface area contributed by atoms with Gasteiger partial charge in [-0.05, 0) is 35.4 Å². The van der Waals surface area contributed by atoms with Gasteiger partial charge in [0.2, 0.25) is 5.91 Å². The molecule has 0 radical (unpaired) electrons. The molecule has 1 unspecified atom stereocenters. The first kappa shape index (κ1) is 18.7. The number of para-hydroxylation sites is 2. The lowest BCUT2D eigenvalue weighted by Gasteiger charge is -2.20. The zero-order valence-electron chi connectivity index (χ0n) is 16.3. The van der Waals surface area contributed by atoms with E-state index in [-0.39, 0.29) is 11.9 Å². The van der Waals surface area contributed by atoms with E-state index in [2.05, 4.69) is 10.3 Å². The smallest absolute Gasteiger partial charge is 0.222 e. The minimum absolute atomic E-state index is 0.00699. The highest BCUT2D eigenvalue weighted by Gasteiger charge is 2.17. The van der Waals surface area contributed by atoms with Crippen molar-refractivity contribution in [3.8, 4) is 5.75 Å². The van der Waals surface area contributed by atoms with Gasteiger partial charge in [-0.1, -0.05) is 54.6 Å². The van der Waals surface area contributed by atoms with Gasteiger partial charge in [-0.3, -0.25) is 4.79 Å². The van der Waals surface area contributed by atoms with E-state index in [9.17, 15) is 4.79 Å². The Morgan fingerprint density at radius 3 is 2.41 bits per heavy atom. The van der Waals surface area contributed by atoms with Crippen molar-refractivity contribution < 1.29 is 9.53 Å². The second-order valence-electron chi connectivity index (χ2n) is 6.86. The average molecular weight is 385 g/mol. The second-order valence-corrected chi connectivity index (χ2v) is 6.86. The van der Waals surface area contributed by atoms with E-state index < -0.39 is 0 Å².